The van der Waals surface area contributed by atoms with Gasteiger partial charge < -0.3 is 10.2 Å². The van der Waals surface area contributed by atoms with Gasteiger partial charge in [-0.15, -0.1) is 0 Å². The molecular formula is C13H21N3O. The second-order valence-electron chi connectivity index (χ2n) is 4.32. The van der Waals surface area contributed by atoms with E-state index >= 15 is 0 Å². The number of rotatable bonds is 6. The molecule has 4 nitrogen and oxygen atoms in total. The quantitative estimate of drug-likeness (QED) is 0.762. The number of pyridine rings is 1. The summed E-state index contributed by atoms with van der Waals surface area (Å²) in [6.45, 7) is 2.91. The third-order valence-electron chi connectivity index (χ3n) is 2.65. The van der Waals surface area contributed by atoms with Crippen LogP contribution in [0.2, 0.25) is 0 Å². The zero-order valence-electron chi connectivity index (χ0n) is 10.8. The smallest absolute Gasteiger partial charge is 0.222 e. The van der Waals surface area contributed by atoms with Crippen LogP contribution in [0.4, 0.5) is 0 Å². The van der Waals surface area contributed by atoms with Gasteiger partial charge in [-0.3, -0.25) is 9.78 Å². The van der Waals surface area contributed by atoms with E-state index in [1.807, 2.05) is 18.2 Å². The maximum absolute atomic E-state index is 11.3. The van der Waals surface area contributed by atoms with E-state index < -0.39 is 0 Å². The highest BCUT2D eigenvalue weighted by atomic mass is 16.2. The Balaban J connectivity index is 2.21. The first-order valence-corrected chi connectivity index (χ1v) is 5.95. The van der Waals surface area contributed by atoms with Gasteiger partial charge in [0.1, 0.15) is 0 Å². The van der Waals surface area contributed by atoms with Crippen LogP contribution in [0, 0.1) is 0 Å². The molecule has 0 radical (unpaired) electrons. The van der Waals surface area contributed by atoms with Crippen LogP contribution in [0.1, 0.15) is 31.5 Å². The third kappa shape index (κ3) is 4.95. The molecule has 1 rings (SSSR count). The Hall–Kier alpha value is -1.42. The Kier molecular flexibility index (Phi) is 5.63. The highest BCUT2D eigenvalue weighted by Gasteiger charge is 2.06. The van der Waals surface area contributed by atoms with Gasteiger partial charge in [0, 0.05) is 32.8 Å². The topological polar surface area (TPSA) is 45.2 Å². The van der Waals surface area contributed by atoms with Crippen molar-refractivity contribution in [3.63, 3.8) is 0 Å². The molecule has 4 heteroatoms. The zero-order chi connectivity index (χ0) is 12.7. The number of carbonyl (C=O) groups is 1. The molecule has 0 aliphatic rings. The van der Waals surface area contributed by atoms with Crippen LogP contribution in [0.15, 0.2) is 24.4 Å². The van der Waals surface area contributed by atoms with Crippen LogP contribution >= 0.6 is 0 Å². The molecule has 17 heavy (non-hydrogen) atoms. The monoisotopic (exact) mass is 235 g/mol. The first kappa shape index (κ1) is 13.6. The fourth-order valence-electron chi connectivity index (χ4n) is 1.52. The Morgan fingerprint density at radius 2 is 2.24 bits per heavy atom. The molecule has 0 fully saturated rings. The number of hydrogen-bond donors (Lipinski definition) is 1. The van der Waals surface area contributed by atoms with Crippen LogP contribution in [-0.4, -0.2) is 36.4 Å². The highest BCUT2D eigenvalue weighted by molar-refractivity contribution is 5.75. The summed E-state index contributed by atoms with van der Waals surface area (Å²) in [6.07, 6.45) is 3.24. The van der Waals surface area contributed by atoms with E-state index in [0.717, 1.165) is 18.7 Å². The predicted molar refractivity (Wildman–Crippen MR) is 68.6 cm³/mol. The Labute approximate surface area is 103 Å². The van der Waals surface area contributed by atoms with E-state index in [0.29, 0.717) is 6.42 Å². The number of hydrogen-bond acceptors (Lipinski definition) is 3. The lowest BCUT2D eigenvalue weighted by Gasteiger charge is -2.14. The van der Waals surface area contributed by atoms with Crippen molar-refractivity contribution in [2.24, 2.45) is 0 Å². The lowest BCUT2D eigenvalue weighted by atomic mass is 10.2. The van der Waals surface area contributed by atoms with Crippen LogP contribution in [0.25, 0.3) is 0 Å². The van der Waals surface area contributed by atoms with Gasteiger partial charge in [-0.25, -0.2) is 0 Å². The molecule has 1 aromatic rings. The minimum Gasteiger partial charge on any atom is -0.349 e. The summed E-state index contributed by atoms with van der Waals surface area (Å²) in [6, 6.07) is 6.12. The molecule has 0 saturated heterocycles. The molecule has 1 unspecified atom stereocenters. The van der Waals surface area contributed by atoms with Crippen molar-refractivity contribution in [3.05, 3.63) is 30.1 Å². The van der Waals surface area contributed by atoms with Gasteiger partial charge in [0.05, 0.1) is 5.69 Å². The standard InChI is InChI=1S/C13H21N3O/c1-11(12-7-4-5-9-15-12)14-10-6-8-13(17)16(2)3/h4-5,7,9,11,14H,6,8,10H2,1-3H3. The summed E-state index contributed by atoms with van der Waals surface area (Å²) < 4.78 is 0. The molecule has 0 spiro atoms. The molecule has 94 valence electrons. The summed E-state index contributed by atoms with van der Waals surface area (Å²) in [5, 5.41) is 3.36. The normalized spacial score (nSPS) is 12.2. The fraction of sp³-hybridized carbons (Fsp3) is 0.538. The summed E-state index contributed by atoms with van der Waals surface area (Å²) in [5.41, 5.74) is 1.03. The van der Waals surface area contributed by atoms with Crippen LogP contribution in [0.3, 0.4) is 0 Å². The van der Waals surface area contributed by atoms with Gasteiger partial charge in [-0.1, -0.05) is 6.07 Å². The van der Waals surface area contributed by atoms with Crippen molar-refractivity contribution < 1.29 is 4.79 Å². The first-order valence-electron chi connectivity index (χ1n) is 5.95. The lowest BCUT2D eigenvalue weighted by Crippen LogP contribution is -2.25. The minimum atomic E-state index is 0.178. The van der Waals surface area contributed by atoms with Crippen LogP contribution < -0.4 is 5.32 Å². The lowest BCUT2D eigenvalue weighted by molar-refractivity contribution is -0.128. The summed E-state index contributed by atoms with van der Waals surface area (Å²) in [7, 11) is 3.57. The molecule has 0 aromatic carbocycles. The van der Waals surface area contributed by atoms with Crippen molar-refractivity contribution in [2.45, 2.75) is 25.8 Å². The molecule has 1 atom stereocenters. The average molecular weight is 235 g/mol. The Morgan fingerprint density at radius 1 is 1.47 bits per heavy atom. The number of carbonyl (C=O) groups excluding carboxylic acids is 1. The maximum Gasteiger partial charge on any atom is 0.222 e. The van der Waals surface area contributed by atoms with E-state index in [1.54, 1.807) is 25.2 Å². The molecule has 0 aliphatic heterocycles. The largest absolute Gasteiger partial charge is 0.349 e. The van der Waals surface area contributed by atoms with Crippen molar-refractivity contribution >= 4 is 5.91 Å². The van der Waals surface area contributed by atoms with Gasteiger partial charge in [-0.05, 0) is 32.0 Å². The van der Waals surface area contributed by atoms with Gasteiger partial charge >= 0.3 is 0 Å². The van der Waals surface area contributed by atoms with Crippen molar-refractivity contribution in [1.82, 2.24) is 15.2 Å². The fourth-order valence-corrected chi connectivity index (χ4v) is 1.52. The summed E-state index contributed by atoms with van der Waals surface area (Å²) in [5.74, 6) is 0.178. The minimum absolute atomic E-state index is 0.178. The second kappa shape index (κ2) is 7.01. The van der Waals surface area contributed by atoms with Gasteiger partial charge in [0.15, 0.2) is 0 Å². The number of nitrogens with zero attached hydrogens (tertiary/aromatic N) is 2. The van der Waals surface area contributed by atoms with E-state index in [1.165, 1.54) is 0 Å². The van der Waals surface area contributed by atoms with E-state index in [4.69, 9.17) is 0 Å². The van der Waals surface area contributed by atoms with Crippen molar-refractivity contribution in [1.29, 1.82) is 0 Å². The van der Waals surface area contributed by atoms with Gasteiger partial charge in [0.2, 0.25) is 5.91 Å². The summed E-state index contributed by atoms with van der Waals surface area (Å²) in [4.78, 5) is 17.3. The highest BCUT2D eigenvalue weighted by Crippen LogP contribution is 2.07. The molecule has 1 amide bonds. The molecule has 1 heterocycles. The molecule has 0 bridgehead atoms. The van der Waals surface area contributed by atoms with Gasteiger partial charge in [-0.2, -0.15) is 0 Å². The Morgan fingerprint density at radius 3 is 2.82 bits per heavy atom. The second-order valence-corrected chi connectivity index (χ2v) is 4.32. The van der Waals surface area contributed by atoms with E-state index in [9.17, 15) is 4.79 Å². The maximum atomic E-state index is 11.3. The molecule has 0 aliphatic carbocycles. The molecule has 1 aromatic heterocycles. The first-order chi connectivity index (χ1) is 8.11. The number of aromatic nitrogens is 1. The van der Waals surface area contributed by atoms with Crippen molar-refractivity contribution in [2.75, 3.05) is 20.6 Å². The average Bonchev–Trinajstić information content (AvgIpc) is 2.35. The Bertz CT molecular complexity index is 338. The third-order valence-corrected chi connectivity index (χ3v) is 2.65. The summed E-state index contributed by atoms with van der Waals surface area (Å²) >= 11 is 0. The van der Waals surface area contributed by atoms with Gasteiger partial charge in [0.25, 0.3) is 0 Å². The van der Waals surface area contributed by atoms with Crippen molar-refractivity contribution in [3.8, 4) is 0 Å². The molecular weight excluding hydrogens is 214 g/mol. The van der Waals surface area contributed by atoms with E-state index in [-0.39, 0.29) is 11.9 Å². The number of nitrogens with one attached hydrogen (secondary N) is 1. The predicted octanol–water partition coefficient (Wildman–Crippen LogP) is 1.60. The van der Waals surface area contributed by atoms with Crippen LogP contribution in [-0.2, 0) is 4.79 Å². The molecule has 1 N–H and O–H groups in total. The van der Waals surface area contributed by atoms with E-state index in [2.05, 4.69) is 17.2 Å². The number of amides is 1. The van der Waals surface area contributed by atoms with Crippen LogP contribution in [0.5, 0.6) is 0 Å². The zero-order valence-corrected chi connectivity index (χ0v) is 10.8. The SMILES string of the molecule is CC(NCCCC(=O)N(C)C)c1ccccn1. The molecule has 0 saturated carbocycles.